The number of ether oxygens (including phenoxy) is 2. The van der Waals surface area contributed by atoms with E-state index in [2.05, 4.69) is 41.7 Å². The van der Waals surface area contributed by atoms with E-state index in [1.54, 1.807) is 0 Å². The molecule has 3 rings (SSSR count). The number of hydrogen-bond donors (Lipinski definition) is 2. The maximum Gasteiger partial charge on any atom is 0.275 e. The summed E-state index contributed by atoms with van der Waals surface area (Å²) in [5.74, 6) is 1.76. The molecule has 0 aliphatic carbocycles. The van der Waals surface area contributed by atoms with Crippen LogP contribution in [0.15, 0.2) is 42.5 Å². The van der Waals surface area contributed by atoms with Gasteiger partial charge in [-0.15, -0.1) is 0 Å². The van der Waals surface area contributed by atoms with Crippen molar-refractivity contribution in [3.63, 3.8) is 0 Å². The van der Waals surface area contributed by atoms with Crippen LogP contribution in [0, 0.1) is 0 Å². The Balaban J connectivity index is 1.48. The van der Waals surface area contributed by atoms with Gasteiger partial charge in [-0.25, -0.2) is 0 Å². The number of hydrogen-bond acceptors (Lipinski definition) is 3. The van der Waals surface area contributed by atoms with E-state index in [1.807, 2.05) is 19.9 Å². The molecule has 1 atom stereocenters. The first-order valence-corrected chi connectivity index (χ1v) is 10.7. The van der Waals surface area contributed by atoms with E-state index in [4.69, 9.17) is 9.47 Å². The van der Waals surface area contributed by atoms with Crippen LogP contribution < -0.4 is 19.7 Å². The number of aryl methyl sites for hydroxylation is 1. The van der Waals surface area contributed by atoms with Crippen molar-refractivity contribution >= 4 is 5.91 Å². The average Bonchev–Trinajstić information content (AvgIpc) is 2.73. The van der Waals surface area contributed by atoms with E-state index in [1.165, 1.54) is 21.6 Å². The molecule has 0 saturated carbocycles. The number of carbonyl (C=O) groups is 1. The predicted octanol–water partition coefficient (Wildman–Crippen LogP) is 2.17. The Labute approximate surface area is 174 Å². The van der Waals surface area contributed by atoms with Crippen molar-refractivity contribution in [1.29, 1.82) is 0 Å². The molecule has 2 N–H and O–H groups in total. The Kier molecular flexibility index (Phi) is 7.94. The second-order valence-electron chi connectivity index (χ2n) is 7.48. The van der Waals surface area contributed by atoms with Gasteiger partial charge >= 0.3 is 0 Å². The largest absolute Gasteiger partial charge is 0.490 e. The van der Waals surface area contributed by atoms with Crippen molar-refractivity contribution in [2.75, 3.05) is 32.8 Å². The third-order valence-electron chi connectivity index (χ3n) is 5.27. The van der Waals surface area contributed by atoms with E-state index in [9.17, 15) is 4.79 Å². The monoisotopic (exact) mass is 397 g/mol. The van der Waals surface area contributed by atoms with Gasteiger partial charge in [0.2, 0.25) is 0 Å². The molecule has 0 radical (unpaired) electrons. The number of fused-ring (bicyclic) bond motifs is 1. The van der Waals surface area contributed by atoms with Crippen molar-refractivity contribution in [3.05, 3.63) is 59.2 Å². The van der Waals surface area contributed by atoms with Crippen molar-refractivity contribution in [2.45, 2.75) is 39.7 Å². The summed E-state index contributed by atoms with van der Waals surface area (Å²) in [7, 11) is 0. The first-order chi connectivity index (χ1) is 14.2. The quantitative estimate of drug-likeness (QED) is 0.604. The zero-order valence-electron chi connectivity index (χ0n) is 17.6. The lowest BCUT2D eigenvalue weighted by atomic mass is 9.98. The molecule has 1 heterocycles. The van der Waals surface area contributed by atoms with Crippen molar-refractivity contribution in [1.82, 2.24) is 5.32 Å². The first kappa shape index (κ1) is 21.2. The summed E-state index contributed by atoms with van der Waals surface area (Å²) in [4.78, 5) is 13.7. The highest BCUT2D eigenvalue weighted by Gasteiger charge is 2.24. The SMILES string of the molecule is CCOc1cc2c(cc1OCC)C[NH+](CC(=O)NCCCc1ccccc1)CC2. The molecule has 1 aliphatic heterocycles. The van der Waals surface area contributed by atoms with Gasteiger partial charge in [-0.1, -0.05) is 30.3 Å². The number of rotatable bonds is 10. The number of amides is 1. The Hall–Kier alpha value is -2.53. The molecule has 2 aromatic carbocycles. The second kappa shape index (κ2) is 10.9. The van der Waals surface area contributed by atoms with E-state index in [0.29, 0.717) is 19.8 Å². The van der Waals surface area contributed by atoms with Crippen LogP contribution in [0.25, 0.3) is 0 Å². The fourth-order valence-electron chi connectivity index (χ4n) is 3.85. The van der Waals surface area contributed by atoms with E-state index < -0.39 is 0 Å². The van der Waals surface area contributed by atoms with Crippen LogP contribution in [0.2, 0.25) is 0 Å². The molecule has 0 aromatic heterocycles. The van der Waals surface area contributed by atoms with Crippen LogP contribution in [0.1, 0.15) is 37.0 Å². The second-order valence-corrected chi connectivity index (χ2v) is 7.48. The minimum Gasteiger partial charge on any atom is -0.490 e. The lowest BCUT2D eigenvalue weighted by Crippen LogP contribution is -3.12. The maximum atomic E-state index is 12.4. The van der Waals surface area contributed by atoms with Crippen LogP contribution in [0.4, 0.5) is 0 Å². The number of nitrogens with one attached hydrogen (secondary N) is 2. The minimum atomic E-state index is 0.132. The standard InChI is InChI=1S/C24H32N2O3/c1-3-28-22-15-20-12-14-26(17-21(20)16-23(22)29-4-2)18-24(27)25-13-8-11-19-9-6-5-7-10-19/h5-7,9-10,15-16H,3-4,8,11-14,17-18H2,1-2H3,(H,25,27)/p+1. The van der Waals surface area contributed by atoms with E-state index in [-0.39, 0.29) is 5.91 Å². The molecule has 0 fully saturated rings. The molecule has 0 bridgehead atoms. The Bertz CT molecular complexity index is 792. The molecule has 2 aromatic rings. The van der Waals surface area contributed by atoms with Gasteiger partial charge in [0.1, 0.15) is 6.54 Å². The number of carbonyl (C=O) groups excluding carboxylic acids is 1. The van der Waals surface area contributed by atoms with Gasteiger partial charge in [0.05, 0.1) is 19.8 Å². The molecule has 29 heavy (non-hydrogen) atoms. The third kappa shape index (κ3) is 6.23. The highest BCUT2D eigenvalue weighted by Crippen LogP contribution is 2.32. The molecule has 0 spiro atoms. The summed E-state index contributed by atoms with van der Waals surface area (Å²) in [6, 6.07) is 14.6. The topological polar surface area (TPSA) is 52.0 Å². The molecule has 1 aliphatic rings. The summed E-state index contributed by atoms with van der Waals surface area (Å²) in [5, 5.41) is 3.08. The summed E-state index contributed by atoms with van der Waals surface area (Å²) in [5.41, 5.74) is 3.88. The molecule has 1 unspecified atom stereocenters. The lowest BCUT2D eigenvalue weighted by Gasteiger charge is -2.26. The minimum absolute atomic E-state index is 0.132. The van der Waals surface area contributed by atoms with Gasteiger partial charge in [0, 0.05) is 18.5 Å². The smallest absolute Gasteiger partial charge is 0.275 e. The highest BCUT2D eigenvalue weighted by molar-refractivity contribution is 5.76. The Morgan fingerprint density at radius 1 is 1.03 bits per heavy atom. The Morgan fingerprint density at radius 3 is 2.41 bits per heavy atom. The normalized spacial score (nSPS) is 15.4. The van der Waals surface area contributed by atoms with Crippen LogP contribution in [-0.4, -0.2) is 38.8 Å². The maximum absolute atomic E-state index is 12.4. The lowest BCUT2D eigenvalue weighted by molar-refractivity contribution is -0.908. The van der Waals surface area contributed by atoms with Crippen LogP contribution >= 0.6 is 0 Å². The molecular formula is C24H33N2O3+. The zero-order chi connectivity index (χ0) is 20.5. The number of benzene rings is 2. The molecule has 0 saturated heterocycles. The summed E-state index contributed by atoms with van der Waals surface area (Å²) in [6.45, 7) is 8.25. The fraction of sp³-hybridized carbons (Fsp3) is 0.458. The highest BCUT2D eigenvalue weighted by atomic mass is 16.5. The molecule has 156 valence electrons. The first-order valence-electron chi connectivity index (χ1n) is 10.7. The fourth-order valence-corrected chi connectivity index (χ4v) is 3.85. The average molecular weight is 398 g/mol. The van der Waals surface area contributed by atoms with Crippen LogP contribution in [0.5, 0.6) is 11.5 Å². The van der Waals surface area contributed by atoms with Crippen molar-refractivity contribution in [2.24, 2.45) is 0 Å². The summed E-state index contributed by atoms with van der Waals surface area (Å²) >= 11 is 0. The van der Waals surface area contributed by atoms with Gasteiger partial charge in [0.15, 0.2) is 18.0 Å². The third-order valence-corrected chi connectivity index (χ3v) is 5.27. The van der Waals surface area contributed by atoms with Crippen LogP contribution in [-0.2, 0) is 24.2 Å². The van der Waals surface area contributed by atoms with Crippen molar-refractivity contribution in [3.8, 4) is 11.5 Å². The number of quaternary nitrogens is 1. The molecule has 5 heteroatoms. The van der Waals surface area contributed by atoms with Gasteiger partial charge in [-0.3, -0.25) is 4.79 Å². The molecular weight excluding hydrogens is 364 g/mol. The molecule has 1 amide bonds. The van der Waals surface area contributed by atoms with Gasteiger partial charge in [0.25, 0.3) is 5.91 Å². The van der Waals surface area contributed by atoms with Gasteiger partial charge < -0.3 is 19.7 Å². The van der Waals surface area contributed by atoms with Gasteiger partial charge in [-0.2, -0.15) is 0 Å². The van der Waals surface area contributed by atoms with Crippen molar-refractivity contribution < 1.29 is 19.2 Å². The van der Waals surface area contributed by atoms with E-state index in [0.717, 1.165) is 50.4 Å². The Morgan fingerprint density at radius 2 is 1.72 bits per heavy atom. The van der Waals surface area contributed by atoms with Gasteiger partial charge in [-0.05, 0) is 49.9 Å². The predicted molar refractivity (Wildman–Crippen MR) is 115 cm³/mol. The van der Waals surface area contributed by atoms with E-state index >= 15 is 0 Å². The van der Waals surface area contributed by atoms with Crippen LogP contribution in [0.3, 0.4) is 0 Å². The summed E-state index contributed by atoms with van der Waals surface area (Å²) < 4.78 is 11.5. The summed E-state index contributed by atoms with van der Waals surface area (Å²) in [6.07, 6.45) is 2.91. The zero-order valence-corrected chi connectivity index (χ0v) is 17.6. The molecule has 5 nitrogen and oxygen atoms in total.